The number of nitrogens with two attached hydrogens (primary N) is 1. The second kappa shape index (κ2) is 3.06. The number of rotatable bonds is 2. The van der Waals surface area contributed by atoms with E-state index in [9.17, 15) is 5.11 Å². The zero-order chi connectivity index (χ0) is 8.48. The lowest BCUT2D eigenvalue weighted by atomic mass is 10.2. The van der Waals surface area contributed by atoms with Crippen molar-refractivity contribution in [1.29, 1.82) is 0 Å². The molecule has 1 unspecified atom stereocenters. The highest BCUT2D eigenvalue weighted by molar-refractivity contribution is 4.77. The summed E-state index contributed by atoms with van der Waals surface area (Å²) in [6.45, 7) is 4.27. The summed E-state index contributed by atoms with van der Waals surface area (Å²) < 4.78 is 10.6. The van der Waals surface area contributed by atoms with Crippen LogP contribution in [-0.2, 0) is 9.47 Å². The van der Waals surface area contributed by atoms with Crippen molar-refractivity contribution in [2.45, 2.75) is 31.8 Å². The molecule has 0 bridgehead atoms. The molecular formula is C7H15NO3. The van der Waals surface area contributed by atoms with Gasteiger partial charge < -0.3 is 20.3 Å². The van der Waals surface area contributed by atoms with Crippen molar-refractivity contribution in [1.82, 2.24) is 0 Å². The molecule has 0 saturated carbocycles. The summed E-state index contributed by atoms with van der Waals surface area (Å²) in [4.78, 5) is 0. The summed E-state index contributed by atoms with van der Waals surface area (Å²) in [6.07, 6.45) is -0.883. The largest absolute Gasteiger partial charge is 0.389 e. The highest BCUT2D eigenvalue weighted by Gasteiger charge is 2.35. The molecule has 1 heterocycles. The average Bonchev–Trinajstić information content (AvgIpc) is 2.29. The van der Waals surface area contributed by atoms with Crippen LogP contribution in [0.1, 0.15) is 13.8 Å². The van der Waals surface area contributed by atoms with Crippen LogP contribution in [0, 0.1) is 0 Å². The van der Waals surface area contributed by atoms with Crippen molar-refractivity contribution >= 4 is 0 Å². The van der Waals surface area contributed by atoms with Gasteiger partial charge in [-0.15, -0.1) is 0 Å². The fraction of sp³-hybridized carbons (Fsp3) is 1.00. The Bertz CT molecular complexity index is 138. The predicted molar refractivity (Wildman–Crippen MR) is 40.0 cm³/mol. The second-order valence-electron chi connectivity index (χ2n) is 3.17. The quantitative estimate of drug-likeness (QED) is 0.570. The van der Waals surface area contributed by atoms with Crippen molar-refractivity contribution in [2.75, 3.05) is 13.2 Å². The summed E-state index contributed by atoms with van der Waals surface area (Å²) in [5, 5.41) is 9.26. The van der Waals surface area contributed by atoms with Crippen LogP contribution in [0.5, 0.6) is 0 Å². The molecule has 66 valence electrons. The molecule has 0 aliphatic carbocycles. The second-order valence-corrected chi connectivity index (χ2v) is 3.17. The van der Waals surface area contributed by atoms with Crippen LogP contribution in [0.4, 0.5) is 0 Å². The Morgan fingerprint density at radius 2 is 2.36 bits per heavy atom. The van der Waals surface area contributed by atoms with Gasteiger partial charge in [0.1, 0.15) is 6.10 Å². The lowest BCUT2D eigenvalue weighted by Gasteiger charge is -2.19. The van der Waals surface area contributed by atoms with Crippen LogP contribution >= 0.6 is 0 Å². The minimum atomic E-state index is -0.614. The Hall–Kier alpha value is -0.160. The van der Waals surface area contributed by atoms with E-state index in [2.05, 4.69) is 0 Å². The Labute approximate surface area is 66.3 Å². The molecule has 1 rings (SSSR count). The fourth-order valence-corrected chi connectivity index (χ4v) is 1.06. The molecule has 0 aromatic heterocycles. The van der Waals surface area contributed by atoms with E-state index in [-0.39, 0.29) is 12.6 Å². The first-order valence-corrected chi connectivity index (χ1v) is 3.75. The standard InChI is InChI=1S/C7H15NO3/c1-7(2)10-4-6(11-7)5(9)3-8/h5-6,9H,3-4,8H2,1-2H3/t5-,6?/m1/s1. The van der Waals surface area contributed by atoms with Crippen LogP contribution in [0.2, 0.25) is 0 Å². The van der Waals surface area contributed by atoms with Crippen LogP contribution in [-0.4, -0.2) is 36.3 Å². The van der Waals surface area contributed by atoms with Crippen LogP contribution in [0.25, 0.3) is 0 Å². The molecule has 2 atom stereocenters. The maximum Gasteiger partial charge on any atom is 0.163 e. The van der Waals surface area contributed by atoms with Crippen molar-refractivity contribution in [3.05, 3.63) is 0 Å². The van der Waals surface area contributed by atoms with Gasteiger partial charge in [-0.3, -0.25) is 0 Å². The minimum absolute atomic E-state index is 0.212. The highest BCUT2D eigenvalue weighted by Crippen LogP contribution is 2.23. The van der Waals surface area contributed by atoms with E-state index in [1.165, 1.54) is 0 Å². The third-order valence-corrected chi connectivity index (χ3v) is 1.70. The molecular weight excluding hydrogens is 146 g/mol. The van der Waals surface area contributed by atoms with Gasteiger partial charge >= 0.3 is 0 Å². The zero-order valence-corrected chi connectivity index (χ0v) is 6.91. The van der Waals surface area contributed by atoms with Crippen molar-refractivity contribution in [3.63, 3.8) is 0 Å². The Morgan fingerprint density at radius 1 is 1.73 bits per heavy atom. The lowest BCUT2D eigenvalue weighted by molar-refractivity contribution is -0.150. The maximum absolute atomic E-state index is 9.26. The first kappa shape index (κ1) is 8.93. The SMILES string of the molecule is CC1(C)OCC([C@H](O)CN)O1. The van der Waals surface area contributed by atoms with Gasteiger partial charge in [-0.05, 0) is 13.8 Å². The van der Waals surface area contributed by atoms with Crippen molar-refractivity contribution in [2.24, 2.45) is 5.73 Å². The zero-order valence-electron chi connectivity index (χ0n) is 6.91. The molecule has 1 aliphatic heterocycles. The van der Waals surface area contributed by atoms with Crippen molar-refractivity contribution < 1.29 is 14.6 Å². The Balaban J connectivity index is 2.41. The lowest BCUT2D eigenvalue weighted by Crippen LogP contribution is -2.36. The minimum Gasteiger partial charge on any atom is -0.389 e. The van der Waals surface area contributed by atoms with Crippen LogP contribution in [0.15, 0.2) is 0 Å². The average molecular weight is 161 g/mol. The molecule has 1 aliphatic rings. The predicted octanol–water partition coefficient (Wildman–Crippen LogP) is -0.542. The van der Waals surface area contributed by atoms with Gasteiger partial charge in [-0.25, -0.2) is 0 Å². The summed E-state index contributed by atoms with van der Waals surface area (Å²) in [5.74, 6) is -0.569. The number of hydrogen-bond acceptors (Lipinski definition) is 4. The molecule has 0 aromatic rings. The molecule has 0 spiro atoms. The molecule has 3 N–H and O–H groups in total. The van der Waals surface area contributed by atoms with Gasteiger partial charge in [0, 0.05) is 6.54 Å². The number of ether oxygens (including phenoxy) is 2. The number of aliphatic hydroxyl groups excluding tert-OH is 1. The molecule has 1 fully saturated rings. The van der Waals surface area contributed by atoms with Gasteiger partial charge in [-0.2, -0.15) is 0 Å². The van der Waals surface area contributed by atoms with E-state index >= 15 is 0 Å². The smallest absolute Gasteiger partial charge is 0.163 e. The topological polar surface area (TPSA) is 64.7 Å². The van der Waals surface area contributed by atoms with E-state index in [1.54, 1.807) is 0 Å². The van der Waals surface area contributed by atoms with Crippen LogP contribution in [0.3, 0.4) is 0 Å². The fourth-order valence-electron chi connectivity index (χ4n) is 1.06. The van der Waals surface area contributed by atoms with E-state index in [0.29, 0.717) is 6.61 Å². The van der Waals surface area contributed by atoms with Gasteiger partial charge in [0.2, 0.25) is 0 Å². The van der Waals surface area contributed by atoms with Gasteiger partial charge in [0.25, 0.3) is 0 Å². The molecule has 4 nitrogen and oxygen atoms in total. The third-order valence-electron chi connectivity index (χ3n) is 1.70. The van der Waals surface area contributed by atoms with E-state index in [4.69, 9.17) is 15.2 Å². The Kier molecular flexibility index (Phi) is 2.49. The highest BCUT2D eigenvalue weighted by atomic mass is 16.7. The molecule has 4 heteroatoms. The molecule has 0 radical (unpaired) electrons. The summed E-state index contributed by atoms with van der Waals surface area (Å²) in [6, 6.07) is 0. The van der Waals surface area contributed by atoms with E-state index in [1.807, 2.05) is 13.8 Å². The molecule has 1 saturated heterocycles. The van der Waals surface area contributed by atoms with Gasteiger partial charge in [0.15, 0.2) is 5.79 Å². The van der Waals surface area contributed by atoms with E-state index < -0.39 is 11.9 Å². The normalized spacial score (nSPS) is 32.2. The van der Waals surface area contributed by atoms with Gasteiger partial charge in [0.05, 0.1) is 12.7 Å². The maximum atomic E-state index is 9.26. The summed E-state index contributed by atoms with van der Waals surface area (Å²) >= 11 is 0. The Morgan fingerprint density at radius 3 is 2.73 bits per heavy atom. The first-order valence-electron chi connectivity index (χ1n) is 3.75. The monoisotopic (exact) mass is 161 g/mol. The summed E-state index contributed by atoms with van der Waals surface area (Å²) in [7, 11) is 0. The van der Waals surface area contributed by atoms with Crippen molar-refractivity contribution in [3.8, 4) is 0 Å². The first-order chi connectivity index (χ1) is 5.05. The van der Waals surface area contributed by atoms with E-state index in [0.717, 1.165) is 0 Å². The molecule has 0 aromatic carbocycles. The van der Waals surface area contributed by atoms with Gasteiger partial charge in [-0.1, -0.05) is 0 Å². The third kappa shape index (κ3) is 2.13. The number of hydrogen-bond donors (Lipinski definition) is 2. The summed E-state index contributed by atoms with van der Waals surface area (Å²) in [5.41, 5.74) is 5.25. The number of aliphatic hydroxyl groups is 1. The molecule has 11 heavy (non-hydrogen) atoms. The van der Waals surface area contributed by atoms with Crippen LogP contribution < -0.4 is 5.73 Å². The molecule has 0 amide bonds.